The maximum Gasteiger partial charge on any atom is 0.226 e. The zero-order valence-corrected chi connectivity index (χ0v) is 12.8. The molecule has 1 saturated carbocycles. The largest absolute Gasteiger partial charge is 0.497 e. The van der Waals surface area contributed by atoms with Gasteiger partial charge in [0.2, 0.25) is 5.91 Å². The van der Waals surface area contributed by atoms with Crippen LogP contribution in [0.25, 0.3) is 10.8 Å². The standard InChI is InChI=1S/C18H21NO2/c1-12-8-17(12)18(20)19(2)11-13-4-5-15-10-16(21-3)7-6-14(15)9-13/h4-7,9-10,12,17H,8,11H2,1-3H3/t12-,17+/m1/s1. The van der Waals surface area contributed by atoms with Crippen molar-refractivity contribution in [3.63, 3.8) is 0 Å². The third-order valence-corrected chi connectivity index (χ3v) is 4.33. The molecule has 0 bridgehead atoms. The number of hydrogen-bond acceptors (Lipinski definition) is 2. The van der Waals surface area contributed by atoms with Gasteiger partial charge in [0.05, 0.1) is 7.11 Å². The predicted molar refractivity (Wildman–Crippen MR) is 84.2 cm³/mol. The fourth-order valence-electron chi connectivity index (χ4n) is 2.80. The molecule has 0 heterocycles. The van der Waals surface area contributed by atoms with Gasteiger partial charge in [0.1, 0.15) is 5.75 Å². The Labute approximate surface area is 125 Å². The van der Waals surface area contributed by atoms with Gasteiger partial charge in [-0.15, -0.1) is 0 Å². The molecule has 2 aromatic carbocycles. The molecule has 3 rings (SSSR count). The highest BCUT2D eigenvalue weighted by Crippen LogP contribution is 2.39. The van der Waals surface area contributed by atoms with E-state index in [0.29, 0.717) is 12.5 Å². The van der Waals surface area contributed by atoms with E-state index in [9.17, 15) is 4.79 Å². The van der Waals surface area contributed by atoms with Crippen LogP contribution in [0.2, 0.25) is 0 Å². The van der Waals surface area contributed by atoms with Gasteiger partial charge in [0.25, 0.3) is 0 Å². The summed E-state index contributed by atoms with van der Waals surface area (Å²) in [5.41, 5.74) is 1.16. The summed E-state index contributed by atoms with van der Waals surface area (Å²) in [6.45, 7) is 2.81. The summed E-state index contributed by atoms with van der Waals surface area (Å²) in [6.07, 6.45) is 1.04. The summed E-state index contributed by atoms with van der Waals surface area (Å²) >= 11 is 0. The summed E-state index contributed by atoms with van der Waals surface area (Å²) in [5.74, 6) is 1.95. The molecule has 1 aliphatic rings. The maximum absolute atomic E-state index is 12.2. The molecular formula is C18H21NO2. The van der Waals surface area contributed by atoms with Crippen LogP contribution >= 0.6 is 0 Å². The Kier molecular flexibility index (Phi) is 3.58. The van der Waals surface area contributed by atoms with Crippen LogP contribution in [-0.2, 0) is 11.3 Å². The first-order valence-electron chi connectivity index (χ1n) is 7.40. The van der Waals surface area contributed by atoms with E-state index in [4.69, 9.17) is 4.74 Å². The molecule has 1 fully saturated rings. The van der Waals surface area contributed by atoms with E-state index in [1.165, 1.54) is 5.39 Å². The molecule has 0 aromatic heterocycles. The van der Waals surface area contributed by atoms with Gasteiger partial charge in [0.15, 0.2) is 0 Å². The van der Waals surface area contributed by atoms with Crippen LogP contribution in [0.5, 0.6) is 5.75 Å². The number of benzene rings is 2. The molecule has 0 unspecified atom stereocenters. The Morgan fingerprint density at radius 1 is 1.24 bits per heavy atom. The number of carbonyl (C=O) groups is 1. The van der Waals surface area contributed by atoms with Crippen molar-refractivity contribution in [2.24, 2.45) is 11.8 Å². The average molecular weight is 283 g/mol. The fraction of sp³-hybridized carbons (Fsp3) is 0.389. The van der Waals surface area contributed by atoms with Gasteiger partial charge in [-0.3, -0.25) is 4.79 Å². The average Bonchev–Trinajstić information content (AvgIpc) is 3.22. The molecule has 21 heavy (non-hydrogen) atoms. The molecule has 3 nitrogen and oxygen atoms in total. The summed E-state index contributed by atoms with van der Waals surface area (Å²) < 4.78 is 5.24. The first kappa shape index (κ1) is 13.9. The van der Waals surface area contributed by atoms with Gasteiger partial charge < -0.3 is 9.64 Å². The Bertz CT molecular complexity index is 680. The number of hydrogen-bond donors (Lipinski definition) is 0. The fourth-order valence-corrected chi connectivity index (χ4v) is 2.80. The molecule has 0 aliphatic heterocycles. The number of amides is 1. The second-order valence-electron chi connectivity index (χ2n) is 6.06. The minimum atomic E-state index is 0.250. The second-order valence-corrected chi connectivity index (χ2v) is 6.06. The topological polar surface area (TPSA) is 29.5 Å². The zero-order valence-electron chi connectivity index (χ0n) is 12.8. The van der Waals surface area contributed by atoms with Crippen molar-refractivity contribution >= 4 is 16.7 Å². The number of methoxy groups -OCH3 is 1. The maximum atomic E-state index is 12.2. The van der Waals surface area contributed by atoms with Gasteiger partial charge in [-0.1, -0.05) is 25.1 Å². The summed E-state index contributed by atoms with van der Waals surface area (Å²) in [4.78, 5) is 14.0. The van der Waals surface area contributed by atoms with Crippen molar-refractivity contribution in [3.8, 4) is 5.75 Å². The van der Waals surface area contributed by atoms with Gasteiger partial charge >= 0.3 is 0 Å². The molecule has 0 N–H and O–H groups in total. The quantitative estimate of drug-likeness (QED) is 0.860. The van der Waals surface area contributed by atoms with Crippen molar-refractivity contribution in [3.05, 3.63) is 42.0 Å². The highest BCUT2D eigenvalue weighted by molar-refractivity contribution is 5.85. The monoisotopic (exact) mass is 283 g/mol. The van der Waals surface area contributed by atoms with Gasteiger partial charge in [0, 0.05) is 19.5 Å². The minimum Gasteiger partial charge on any atom is -0.497 e. The van der Waals surface area contributed by atoms with Crippen molar-refractivity contribution in [1.29, 1.82) is 0 Å². The Morgan fingerprint density at radius 2 is 1.90 bits per heavy atom. The van der Waals surface area contributed by atoms with Crippen LogP contribution < -0.4 is 4.74 Å². The normalized spacial score (nSPS) is 20.3. The van der Waals surface area contributed by atoms with Gasteiger partial charge in [-0.2, -0.15) is 0 Å². The molecule has 2 aromatic rings. The molecular weight excluding hydrogens is 262 g/mol. The van der Waals surface area contributed by atoms with Crippen LogP contribution in [0.1, 0.15) is 18.9 Å². The van der Waals surface area contributed by atoms with Crippen molar-refractivity contribution in [1.82, 2.24) is 4.90 Å². The lowest BCUT2D eigenvalue weighted by atomic mass is 10.1. The van der Waals surface area contributed by atoms with Crippen LogP contribution in [0, 0.1) is 11.8 Å². The van der Waals surface area contributed by atoms with E-state index in [0.717, 1.165) is 23.1 Å². The first-order chi connectivity index (χ1) is 10.1. The first-order valence-corrected chi connectivity index (χ1v) is 7.40. The van der Waals surface area contributed by atoms with E-state index in [1.54, 1.807) is 7.11 Å². The molecule has 3 heteroatoms. The van der Waals surface area contributed by atoms with Crippen LogP contribution in [0.4, 0.5) is 0 Å². The lowest BCUT2D eigenvalue weighted by Crippen LogP contribution is -2.28. The van der Waals surface area contributed by atoms with E-state index in [-0.39, 0.29) is 11.8 Å². The van der Waals surface area contributed by atoms with E-state index in [1.807, 2.05) is 24.1 Å². The van der Waals surface area contributed by atoms with Gasteiger partial charge in [-0.25, -0.2) is 0 Å². The summed E-state index contributed by atoms with van der Waals surface area (Å²) in [7, 11) is 3.57. The molecule has 110 valence electrons. The van der Waals surface area contributed by atoms with E-state index < -0.39 is 0 Å². The number of rotatable bonds is 4. The van der Waals surface area contributed by atoms with Gasteiger partial charge in [-0.05, 0) is 46.9 Å². The third-order valence-electron chi connectivity index (χ3n) is 4.33. The van der Waals surface area contributed by atoms with Crippen molar-refractivity contribution < 1.29 is 9.53 Å². The number of ether oxygens (including phenoxy) is 1. The van der Waals surface area contributed by atoms with Crippen molar-refractivity contribution in [2.75, 3.05) is 14.2 Å². The highest BCUT2D eigenvalue weighted by atomic mass is 16.5. The Balaban J connectivity index is 1.76. The molecule has 1 amide bonds. The smallest absolute Gasteiger partial charge is 0.226 e. The van der Waals surface area contributed by atoms with Crippen LogP contribution in [-0.4, -0.2) is 25.0 Å². The molecule has 0 radical (unpaired) electrons. The third kappa shape index (κ3) is 2.87. The number of fused-ring (bicyclic) bond motifs is 1. The Morgan fingerprint density at radius 3 is 2.57 bits per heavy atom. The van der Waals surface area contributed by atoms with Crippen molar-refractivity contribution in [2.45, 2.75) is 19.9 Å². The van der Waals surface area contributed by atoms with Crippen LogP contribution in [0.15, 0.2) is 36.4 Å². The summed E-state index contributed by atoms with van der Waals surface area (Å²) in [6, 6.07) is 12.4. The van der Waals surface area contributed by atoms with E-state index >= 15 is 0 Å². The Hall–Kier alpha value is -2.03. The zero-order chi connectivity index (χ0) is 15.0. The molecule has 1 aliphatic carbocycles. The number of nitrogens with zero attached hydrogens (tertiary/aromatic N) is 1. The molecule has 0 saturated heterocycles. The summed E-state index contributed by atoms with van der Waals surface area (Å²) in [5, 5.41) is 2.33. The predicted octanol–water partition coefficient (Wildman–Crippen LogP) is 3.46. The minimum absolute atomic E-state index is 0.250. The van der Waals surface area contributed by atoms with Crippen LogP contribution in [0.3, 0.4) is 0 Å². The lowest BCUT2D eigenvalue weighted by molar-refractivity contribution is -0.132. The second kappa shape index (κ2) is 5.40. The SMILES string of the molecule is COc1ccc2cc(CN(C)C(=O)[C@H]3C[C@H]3C)ccc2c1. The highest BCUT2D eigenvalue weighted by Gasteiger charge is 2.40. The van der Waals surface area contributed by atoms with E-state index in [2.05, 4.69) is 31.2 Å². The lowest BCUT2D eigenvalue weighted by Gasteiger charge is -2.17. The molecule has 2 atom stereocenters. The molecule has 0 spiro atoms. The number of carbonyl (C=O) groups excluding carboxylic acids is 1.